The number of nitrogens with zero attached hydrogens (tertiary/aromatic N) is 4. The molecule has 2 aromatic heterocycles. The summed E-state index contributed by atoms with van der Waals surface area (Å²) >= 11 is 0. The number of hydrogen-bond donors (Lipinski definition) is 1. The highest BCUT2D eigenvalue weighted by molar-refractivity contribution is 5.35. The monoisotopic (exact) mass is 247 g/mol. The van der Waals surface area contributed by atoms with E-state index in [4.69, 9.17) is 5.73 Å². The topological polar surface area (TPSA) is 61.7 Å². The van der Waals surface area contributed by atoms with Crippen molar-refractivity contribution in [2.75, 3.05) is 5.73 Å². The Bertz CT molecular complexity index is 564. The molecule has 0 amide bonds. The fraction of sp³-hybridized carbons (Fsp3) is 0.538. The predicted octanol–water partition coefficient (Wildman–Crippen LogP) is 2.22. The number of anilines is 1. The molecule has 0 aliphatic rings. The van der Waals surface area contributed by atoms with Gasteiger partial charge in [0.25, 0.3) is 0 Å². The molecule has 0 bridgehead atoms. The molecule has 1 unspecified atom stereocenters. The maximum absolute atomic E-state index is 5.99. The van der Waals surface area contributed by atoms with Crippen LogP contribution in [0.4, 0.5) is 5.82 Å². The van der Waals surface area contributed by atoms with Gasteiger partial charge in [-0.1, -0.05) is 0 Å². The van der Waals surface area contributed by atoms with Crippen molar-refractivity contribution in [3.8, 4) is 0 Å². The van der Waals surface area contributed by atoms with Crippen LogP contribution in [-0.4, -0.2) is 19.6 Å². The Morgan fingerprint density at radius 2 is 1.94 bits per heavy atom. The van der Waals surface area contributed by atoms with Crippen LogP contribution >= 0.6 is 0 Å². The summed E-state index contributed by atoms with van der Waals surface area (Å²) in [4.78, 5) is 0. The molecule has 0 spiro atoms. The van der Waals surface area contributed by atoms with Crippen molar-refractivity contribution >= 4 is 5.82 Å². The molecule has 0 saturated heterocycles. The number of nitrogens with two attached hydrogens (primary N) is 1. The van der Waals surface area contributed by atoms with Gasteiger partial charge in [-0.15, -0.1) is 0 Å². The third kappa shape index (κ3) is 1.89. The van der Waals surface area contributed by atoms with Gasteiger partial charge in [-0.3, -0.25) is 4.68 Å². The van der Waals surface area contributed by atoms with Gasteiger partial charge in [-0.05, 0) is 34.6 Å². The maximum atomic E-state index is 5.99. The molecule has 98 valence electrons. The van der Waals surface area contributed by atoms with Gasteiger partial charge in [0.2, 0.25) is 0 Å². The van der Waals surface area contributed by atoms with Gasteiger partial charge >= 0.3 is 0 Å². The van der Waals surface area contributed by atoms with Crippen LogP contribution in [0.3, 0.4) is 0 Å². The van der Waals surface area contributed by atoms with Crippen LogP contribution in [-0.2, 0) is 6.54 Å². The highest BCUT2D eigenvalue weighted by atomic mass is 15.3. The van der Waals surface area contributed by atoms with Gasteiger partial charge < -0.3 is 5.73 Å². The second-order valence-corrected chi connectivity index (χ2v) is 4.73. The first kappa shape index (κ1) is 12.7. The molecule has 0 aromatic carbocycles. The zero-order valence-corrected chi connectivity index (χ0v) is 11.7. The van der Waals surface area contributed by atoms with Gasteiger partial charge in [0.05, 0.1) is 17.4 Å². The third-order valence-corrected chi connectivity index (χ3v) is 3.41. The minimum Gasteiger partial charge on any atom is -0.384 e. The summed E-state index contributed by atoms with van der Waals surface area (Å²) in [6.45, 7) is 11.2. The molecular weight excluding hydrogens is 226 g/mol. The number of nitrogen functional groups attached to an aromatic ring is 1. The van der Waals surface area contributed by atoms with Crippen molar-refractivity contribution in [3.63, 3.8) is 0 Å². The summed E-state index contributed by atoms with van der Waals surface area (Å²) in [5.41, 5.74) is 10.4. The van der Waals surface area contributed by atoms with Crippen LogP contribution in [0, 0.1) is 20.8 Å². The second kappa shape index (κ2) is 4.48. The Hall–Kier alpha value is -1.78. The number of aromatic nitrogens is 4. The number of hydrogen-bond acceptors (Lipinski definition) is 3. The lowest BCUT2D eigenvalue weighted by Gasteiger charge is -2.15. The number of aryl methyl sites for hydroxylation is 3. The predicted molar refractivity (Wildman–Crippen MR) is 72.6 cm³/mol. The first-order chi connectivity index (χ1) is 8.45. The van der Waals surface area contributed by atoms with Crippen LogP contribution in [0.15, 0.2) is 6.07 Å². The first-order valence-electron chi connectivity index (χ1n) is 6.31. The molecule has 2 rings (SSSR count). The minimum absolute atomic E-state index is 0.110. The molecule has 2 heterocycles. The third-order valence-electron chi connectivity index (χ3n) is 3.41. The van der Waals surface area contributed by atoms with Crippen molar-refractivity contribution in [1.29, 1.82) is 0 Å². The largest absolute Gasteiger partial charge is 0.384 e. The SMILES string of the molecule is CCn1nc(C)c(C(C)n2nc(C)cc2N)c1C. The van der Waals surface area contributed by atoms with E-state index in [-0.39, 0.29) is 6.04 Å². The van der Waals surface area contributed by atoms with Gasteiger partial charge in [-0.2, -0.15) is 10.2 Å². The molecule has 0 aliphatic carbocycles. The Morgan fingerprint density at radius 3 is 2.39 bits per heavy atom. The smallest absolute Gasteiger partial charge is 0.122 e. The summed E-state index contributed by atoms with van der Waals surface area (Å²) in [5.74, 6) is 0.697. The second-order valence-electron chi connectivity index (χ2n) is 4.73. The summed E-state index contributed by atoms with van der Waals surface area (Å²) in [6, 6.07) is 2.00. The van der Waals surface area contributed by atoms with Gasteiger partial charge in [0.15, 0.2) is 0 Å². The van der Waals surface area contributed by atoms with Crippen LogP contribution in [0.1, 0.15) is 42.5 Å². The van der Waals surface area contributed by atoms with E-state index in [2.05, 4.69) is 31.0 Å². The van der Waals surface area contributed by atoms with Gasteiger partial charge in [0.1, 0.15) is 5.82 Å². The summed E-state index contributed by atoms with van der Waals surface area (Å²) in [7, 11) is 0. The van der Waals surface area contributed by atoms with Crippen LogP contribution in [0.5, 0.6) is 0 Å². The van der Waals surface area contributed by atoms with Crippen molar-refractivity contribution in [3.05, 3.63) is 28.7 Å². The molecule has 0 aliphatic heterocycles. The molecular formula is C13H21N5. The lowest BCUT2D eigenvalue weighted by atomic mass is 10.1. The van der Waals surface area contributed by atoms with Crippen molar-refractivity contribution in [1.82, 2.24) is 19.6 Å². The first-order valence-corrected chi connectivity index (χ1v) is 6.31. The highest BCUT2D eigenvalue weighted by Gasteiger charge is 2.20. The Labute approximate surface area is 108 Å². The van der Waals surface area contributed by atoms with Gasteiger partial charge in [0, 0.05) is 23.9 Å². The normalized spacial score (nSPS) is 12.9. The van der Waals surface area contributed by atoms with Crippen molar-refractivity contribution in [2.45, 2.75) is 47.2 Å². The Balaban J connectivity index is 2.49. The molecule has 0 fully saturated rings. The van der Waals surface area contributed by atoms with E-state index in [0.29, 0.717) is 5.82 Å². The number of rotatable bonds is 3. The quantitative estimate of drug-likeness (QED) is 0.904. The molecule has 2 N–H and O–H groups in total. The molecule has 0 radical (unpaired) electrons. The van der Waals surface area contributed by atoms with E-state index in [1.165, 1.54) is 11.3 Å². The molecule has 2 aromatic rings. The van der Waals surface area contributed by atoms with Crippen LogP contribution < -0.4 is 5.73 Å². The lowest BCUT2D eigenvalue weighted by molar-refractivity contribution is 0.561. The molecule has 0 saturated carbocycles. The molecule has 5 nitrogen and oxygen atoms in total. The average Bonchev–Trinajstić information content (AvgIpc) is 2.78. The van der Waals surface area contributed by atoms with E-state index >= 15 is 0 Å². The van der Waals surface area contributed by atoms with E-state index < -0.39 is 0 Å². The van der Waals surface area contributed by atoms with Gasteiger partial charge in [-0.25, -0.2) is 4.68 Å². The average molecular weight is 247 g/mol. The minimum atomic E-state index is 0.110. The molecule has 5 heteroatoms. The zero-order valence-electron chi connectivity index (χ0n) is 11.7. The fourth-order valence-electron chi connectivity index (χ4n) is 2.59. The lowest BCUT2D eigenvalue weighted by Crippen LogP contribution is -2.13. The zero-order chi connectivity index (χ0) is 13.4. The standard InChI is InChI=1S/C13H21N5/c1-6-17-10(4)13(9(3)16-17)11(5)18-12(14)7-8(2)15-18/h7,11H,6,14H2,1-5H3. The van der Waals surface area contributed by atoms with E-state index in [0.717, 1.165) is 17.9 Å². The van der Waals surface area contributed by atoms with E-state index in [1.807, 2.05) is 29.3 Å². The summed E-state index contributed by atoms with van der Waals surface area (Å²) < 4.78 is 3.89. The van der Waals surface area contributed by atoms with Crippen molar-refractivity contribution in [2.24, 2.45) is 0 Å². The van der Waals surface area contributed by atoms with E-state index in [1.54, 1.807) is 0 Å². The van der Waals surface area contributed by atoms with Crippen LogP contribution in [0.2, 0.25) is 0 Å². The maximum Gasteiger partial charge on any atom is 0.122 e. The molecule has 18 heavy (non-hydrogen) atoms. The van der Waals surface area contributed by atoms with E-state index in [9.17, 15) is 0 Å². The summed E-state index contributed by atoms with van der Waals surface area (Å²) in [5, 5.41) is 9.00. The van der Waals surface area contributed by atoms with Crippen molar-refractivity contribution < 1.29 is 0 Å². The fourth-order valence-corrected chi connectivity index (χ4v) is 2.59. The Morgan fingerprint density at radius 1 is 1.28 bits per heavy atom. The Kier molecular flexibility index (Phi) is 3.15. The molecule has 1 atom stereocenters. The summed E-state index contributed by atoms with van der Waals surface area (Å²) in [6.07, 6.45) is 0. The highest BCUT2D eigenvalue weighted by Crippen LogP contribution is 2.26. The van der Waals surface area contributed by atoms with Crippen LogP contribution in [0.25, 0.3) is 0 Å².